The Morgan fingerprint density at radius 2 is 1.90 bits per heavy atom. The third-order valence-electron chi connectivity index (χ3n) is 3.08. The summed E-state index contributed by atoms with van der Waals surface area (Å²) in [6.45, 7) is 2.06. The van der Waals surface area contributed by atoms with Gasteiger partial charge in [-0.15, -0.1) is 11.3 Å². The number of nitrogen functional groups attached to an aromatic ring is 1. The first kappa shape index (κ1) is 14.9. The van der Waals surface area contributed by atoms with E-state index in [-0.39, 0.29) is 5.91 Å². The van der Waals surface area contributed by atoms with Gasteiger partial charge in [-0.25, -0.2) is 0 Å². The molecule has 2 N–H and O–H groups in total. The van der Waals surface area contributed by atoms with E-state index in [2.05, 4.69) is 6.92 Å². The molecule has 0 bridgehead atoms. The van der Waals surface area contributed by atoms with Gasteiger partial charge in [0, 0.05) is 29.6 Å². The molecule has 106 valence electrons. The molecule has 1 heterocycles. The van der Waals surface area contributed by atoms with Crippen molar-refractivity contribution in [2.75, 3.05) is 19.8 Å². The Bertz CT molecular complexity index is 632. The minimum atomic E-state index is -0.0663. The lowest BCUT2D eigenvalue weighted by atomic mass is 9.99. The predicted octanol–water partition coefficient (Wildman–Crippen LogP) is 3.91. The maximum Gasteiger partial charge on any atom is 0.256 e. The number of amides is 1. The van der Waals surface area contributed by atoms with Crippen LogP contribution in [-0.4, -0.2) is 24.9 Å². The molecule has 0 saturated heterocycles. The Labute approximate surface area is 128 Å². The van der Waals surface area contributed by atoms with E-state index in [1.165, 1.54) is 11.3 Å². The predicted molar refractivity (Wildman–Crippen MR) is 86.6 cm³/mol. The lowest BCUT2D eigenvalue weighted by Crippen LogP contribution is -2.22. The van der Waals surface area contributed by atoms with Crippen molar-refractivity contribution >= 4 is 33.8 Å². The van der Waals surface area contributed by atoms with Crippen LogP contribution >= 0.6 is 22.9 Å². The summed E-state index contributed by atoms with van der Waals surface area (Å²) in [7, 11) is 3.47. The van der Waals surface area contributed by atoms with E-state index in [9.17, 15) is 4.79 Å². The fourth-order valence-electron chi connectivity index (χ4n) is 2.10. The quantitative estimate of drug-likeness (QED) is 0.934. The van der Waals surface area contributed by atoms with Gasteiger partial charge in [-0.05, 0) is 24.1 Å². The standard InChI is InChI=1S/C15H17ClN2OS/c1-4-11-12(9-5-7-10(16)8-6-9)13(14(17)20-11)15(19)18(2)3/h5-8H,4,17H2,1-3H3. The molecule has 0 spiro atoms. The van der Waals surface area contributed by atoms with Crippen LogP contribution in [-0.2, 0) is 6.42 Å². The Balaban J connectivity index is 2.66. The maximum absolute atomic E-state index is 12.4. The maximum atomic E-state index is 12.4. The molecule has 1 aromatic carbocycles. The van der Waals surface area contributed by atoms with Crippen LogP contribution in [0.1, 0.15) is 22.2 Å². The first-order valence-corrected chi connectivity index (χ1v) is 7.53. The fourth-order valence-corrected chi connectivity index (χ4v) is 3.25. The highest BCUT2D eigenvalue weighted by Crippen LogP contribution is 2.39. The Hall–Kier alpha value is -1.52. The molecule has 0 radical (unpaired) electrons. The van der Waals surface area contributed by atoms with Crippen molar-refractivity contribution in [1.29, 1.82) is 0 Å². The summed E-state index contributed by atoms with van der Waals surface area (Å²) in [5.74, 6) is -0.0663. The average molecular weight is 309 g/mol. The molecule has 0 aliphatic carbocycles. The number of halogens is 1. The summed E-state index contributed by atoms with van der Waals surface area (Å²) in [5.41, 5.74) is 8.58. The minimum absolute atomic E-state index is 0.0663. The molecular weight excluding hydrogens is 292 g/mol. The van der Waals surface area contributed by atoms with E-state index in [0.717, 1.165) is 22.4 Å². The van der Waals surface area contributed by atoms with Crippen molar-refractivity contribution < 1.29 is 4.79 Å². The van der Waals surface area contributed by atoms with Crippen LogP contribution in [0.15, 0.2) is 24.3 Å². The molecule has 5 heteroatoms. The summed E-state index contributed by atoms with van der Waals surface area (Å²) in [5, 5.41) is 1.25. The number of benzene rings is 1. The fraction of sp³-hybridized carbons (Fsp3) is 0.267. The number of thiophene rings is 1. The van der Waals surface area contributed by atoms with Crippen molar-refractivity contribution in [3.63, 3.8) is 0 Å². The van der Waals surface area contributed by atoms with E-state index in [4.69, 9.17) is 17.3 Å². The van der Waals surface area contributed by atoms with Gasteiger partial charge in [-0.3, -0.25) is 4.79 Å². The van der Waals surface area contributed by atoms with Crippen LogP contribution in [0.5, 0.6) is 0 Å². The number of hydrogen-bond donors (Lipinski definition) is 1. The lowest BCUT2D eigenvalue weighted by Gasteiger charge is -2.13. The third-order valence-corrected chi connectivity index (χ3v) is 4.50. The van der Waals surface area contributed by atoms with Crippen LogP contribution in [0.3, 0.4) is 0 Å². The third kappa shape index (κ3) is 2.67. The Kier molecular flexibility index (Phi) is 4.35. The molecular formula is C15H17ClN2OS. The summed E-state index contributed by atoms with van der Waals surface area (Å²) in [4.78, 5) is 15.1. The molecule has 2 aromatic rings. The second-order valence-electron chi connectivity index (χ2n) is 4.70. The number of aryl methyl sites for hydroxylation is 1. The first-order valence-electron chi connectivity index (χ1n) is 6.34. The van der Waals surface area contributed by atoms with Gasteiger partial charge in [-0.2, -0.15) is 0 Å². The van der Waals surface area contributed by atoms with Crippen molar-refractivity contribution in [2.45, 2.75) is 13.3 Å². The zero-order valence-electron chi connectivity index (χ0n) is 11.7. The normalized spacial score (nSPS) is 10.6. The molecule has 0 unspecified atom stereocenters. The lowest BCUT2D eigenvalue weighted by molar-refractivity contribution is 0.0829. The number of rotatable bonds is 3. The topological polar surface area (TPSA) is 46.3 Å². The number of hydrogen-bond acceptors (Lipinski definition) is 3. The molecule has 2 rings (SSSR count). The van der Waals surface area contributed by atoms with Crippen LogP contribution in [0.25, 0.3) is 11.1 Å². The van der Waals surface area contributed by atoms with E-state index >= 15 is 0 Å². The summed E-state index contributed by atoms with van der Waals surface area (Å²) in [6, 6.07) is 7.51. The van der Waals surface area contributed by atoms with Gasteiger partial charge < -0.3 is 10.6 Å². The number of nitrogens with two attached hydrogens (primary N) is 1. The molecule has 0 fully saturated rings. The molecule has 0 atom stereocenters. The molecule has 1 amide bonds. The Morgan fingerprint density at radius 1 is 1.30 bits per heavy atom. The highest BCUT2D eigenvalue weighted by atomic mass is 35.5. The van der Waals surface area contributed by atoms with Crippen LogP contribution in [0.2, 0.25) is 5.02 Å². The van der Waals surface area contributed by atoms with Crippen LogP contribution in [0, 0.1) is 0 Å². The van der Waals surface area contributed by atoms with Gasteiger partial charge in [0.2, 0.25) is 0 Å². The molecule has 0 aliphatic rings. The largest absolute Gasteiger partial charge is 0.390 e. The van der Waals surface area contributed by atoms with Crippen molar-refractivity contribution in [1.82, 2.24) is 4.90 Å². The first-order chi connectivity index (χ1) is 9.45. The van der Waals surface area contributed by atoms with Crippen molar-refractivity contribution in [3.8, 4) is 11.1 Å². The molecule has 20 heavy (non-hydrogen) atoms. The second kappa shape index (κ2) is 5.85. The van der Waals surface area contributed by atoms with Crippen molar-refractivity contribution in [3.05, 3.63) is 39.7 Å². The number of carbonyl (C=O) groups excluding carboxylic acids is 1. The highest BCUT2D eigenvalue weighted by Gasteiger charge is 2.23. The molecule has 3 nitrogen and oxygen atoms in total. The van der Waals surface area contributed by atoms with Gasteiger partial charge in [0.1, 0.15) is 0 Å². The summed E-state index contributed by atoms with van der Waals surface area (Å²) < 4.78 is 0. The van der Waals surface area contributed by atoms with Crippen LogP contribution in [0.4, 0.5) is 5.00 Å². The van der Waals surface area contributed by atoms with Gasteiger partial charge in [0.25, 0.3) is 5.91 Å². The SMILES string of the molecule is CCc1sc(N)c(C(=O)N(C)C)c1-c1ccc(Cl)cc1. The van der Waals surface area contributed by atoms with E-state index < -0.39 is 0 Å². The molecule has 0 aliphatic heterocycles. The van der Waals surface area contributed by atoms with E-state index in [1.54, 1.807) is 19.0 Å². The van der Waals surface area contributed by atoms with E-state index in [0.29, 0.717) is 15.6 Å². The second-order valence-corrected chi connectivity index (χ2v) is 6.27. The number of carbonyl (C=O) groups is 1. The Morgan fingerprint density at radius 3 is 2.40 bits per heavy atom. The monoisotopic (exact) mass is 308 g/mol. The van der Waals surface area contributed by atoms with Gasteiger partial charge in [-0.1, -0.05) is 30.7 Å². The zero-order valence-corrected chi connectivity index (χ0v) is 13.3. The summed E-state index contributed by atoms with van der Waals surface area (Å²) >= 11 is 7.42. The van der Waals surface area contributed by atoms with Gasteiger partial charge in [0.05, 0.1) is 10.6 Å². The van der Waals surface area contributed by atoms with Gasteiger partial charge in [0.15, 0.2) is 0 Å². The molecule has 0 saturated carbocycles. The summed E-state index contributed by atoms with van der Waals surface area (Å²) in [6.07, 6.45) is 0.841. The molecule has 1 aromatic heterocycles. The van der Waals surface area contributed by atoms with E-state index in [1.807, 2.05) is 24.3 Å². The zero-order chi connectivity index (χ0) is 14.9. The smallest absolute Gasteiger partial charge is 0.256 e. The number of nitrogens with zero attached hydrogens (tertiary/aromatic N) is 1. The minimum Gasteiger partial charge on any atom is -0.390 e. The highest BCUT2D eigenvalue weighted by molar-refractivity contribution is 7.17. The van der Waals surface area contributed by atoms with Gasteiger partial charge >= 0.3 is 0 Å². The average Bonchev–Trinajstić information content (AvgIpc) is 2.75. The number of anilines is 1. The van der Waals surface area contributed by atoms with Crippen molar-refractivity contribution in [2.24, 2.45) is 0 Å². The van der Waals surface area contributed by atoms with Crippen LogP contribution < -0.4 is 5.73 Å².